The number of rotatable bonds is 4. The minimum absolute atomic E-state index is 0.192. The van der Waals surface area contributed by atoms with Gasteiger partial charge in [-0.1, -0.05) is 6.07 Å². The summed E-state index contributed by atoms with van der Waals surface area (Å²) >= 11 is 0. The molecule has 0 aliphatic carbocycles. The highest BCUT2D eigenvalue weighted by Gasteiger charge is 2.36. The maximum Gasteiger partial charge on any atom is 0.231 e. The quantitative estimate of drug-likeness (QED) is 0.831. The fraction of sp³-hybridized carbons (Fsp3) is 0.611. The molecule has 4 rings (SSSR count). The summed E-state index contributed by atoms with van der Waals surface area (Å²) in [6.45, 7) is 4.11. The Hall–Kier alpha value is -1.79. The summed E-state index contributed by atoms with van der Waals surface area (Å²) in [6, 6.07) is 6.25. The molecule has 0 N–H and O–H groups in total. The van der Waals surface area contributed by atoms with Crippen molar-refractivity contribution in [2.75, 3.05) is 40.1 Å². The molecule has 0 bridgehead atoms. The number of piperidine rings is 1. The van der Waals surface area contributed by atoms with Crippen LogP contribution in [0.3, 0.4) is 0 Å². The van der Waals surface area contributed by atoms with Crippen molar-refractivity contribution in [2.45, 2.75) is 31.4 Å². The second-order valence-electron chi connectivity index (χ2n) is 6.79. The highest BCUT2D eigenvalue weighted by molar-refractivity contribution is 5.80. The topological polar surface area (TPSA) is 51.2 Å². The Morgan fingerprint density at radius 2 is 1.96 bits per heavy atom. The van der Waals surface area contributed by atoms with Gasteiger partial charge >= 0.3 is 0 Å². The van der Waals surface area contributed by atoms with Gasteiger partial charge in [0, 0.05) is 39.3 Å². The molecule has 3 aliphatic rings. The van der Waals surface area contributed by atoms with E-state index >= 15 is 0 Å². The molecule has 3 aliphatic heterocycles. The molecular weight excluding hydrogens is 308 g/mol. The van der Waals surface area contributed by atoms with Crippen molar-refractivity contribution in [1.29, 1.82) is 0 Å². The van der Waals surface area contributed by atoms with Gasteiger partial charge in [0.15, 0.2) is 11.5 Å². The molecule has 6 nitrogen and oxygen atoms in total. The van der Waals surface area contributed by atoms with Gasteiger partial charge in [-0.25, -0.2) is 0 Å². The van der Waals surface area contributed by atoms with Crippen molar-refractivity contribution in [3.8, 4) is 11.5 Å². The third-order valence-electron chi connectivity index (χ3n) is 5.33. The van der Waals surface area contributed by atoms with E-state index in [1.807, 2.05) is 23.1 Å². The van der Waals surface area contributed by atoms with Crippen molar-refractivity contribution in [3.05, 3.63) is 23.8 Å². The Balaban J connectivity index is 1.26. The van der Waals surface area contributed by atoms with Crippen LogP contribution in [0.4, 0.5) is 0 Å². The van der Waals surface area contributed by atoms with Crippen LogP contribution < -0.4 is 9.47 Å². The average Bonchev–Trinajstić information content (AvgIpc) is 3.02. The van der Waals surface area contributed by atoms with E-state index in [1.165, 1.54) is 0 Å². The number of benzene rings is 1. The number of methoxy groups -OCH3 is 1. The fourth-order valence-corrected chi connectivity index (χ4v) is 3.70. The maximum absolute atomic E-state index is 12.4. The maximum atomic E-state index is 12.4. The lowest BCUT2D eigenvalue weighted by Gasteiger charge is -2.47. The first kappa shape index (κ1) is 15.7. The number of hydrogen-bond acceptors (Lipinski definition) is 5. The number of carbonyl (C=O) groups is 1. The zero-order valence-electron chi connectivity index (χ0n) is 14.1. The Morgan fingerprint density at radius 3 is 2.71 bits per heavy atom. The van der Waals surface area contributed by atoms with E-state index in [-0.39, 0.29) is 12.7 Å². The summed E-state index contributed by atoms with van der Waals surface area (Å²) in [4.78, 5) is 16.9. The van der Waals surface area contributed by atoms with Crippen molar-refractivity contribution in [1.82, 2.24) is 9.80 Å². The van der Waals surface area contributed by atoms with Crippen LogP contribution >= 0.6 is 0 Å². The first-order valence-electron chi connectivity index (χ1n) is 8.66. The molecule has 6 heteroatoms. The van der Waals surface area contributed by atoms with E-state index in [0.29, 0.717) is 18.6 Å². The number of likely N-dealkylation sites (tertiary alicyclic amines) is 2. The van der Waals surface area contributed by atoms with Gasteiger partial charge in [0.2, 0.25) is 12.7 Å². The van der Waals surface area contributed by atoms with Crippen molar-refractivity contribution in [3.63, 3.8) is 0 Å². The van der Waals surface area contributed by atoms with Gasteiger partial charge < -0.3 is 19.1 Å². The normalized spacial score (nSPS) is 21.8. The Morgan fingerprint density at radius 1 is 1.21 bits per heavy atom. The first-order valence-corrected chi connectivity index (χ1v) is 8.66. The number of nitrogens with zero attached hydrogens (tertiary/aromatic N) is 2. The predicted molar refractivity (Wildman–Crippen MR) is 88.2 cm³/mol. The van der Waals surface area contributed by atoms with Crippen LogP contribution in [0.5, 0.6) is 11.5 Å². The van der Waals surface area contributed by atoms with E-state index < -0.39 is 0 Å². The largest absolute Gasteiger partial charge is 0.454 e. The van der Waals surface area contributed by atoms with Crippen molar-refractivity contribution in [2.24, 2.45) is 0 Å². The van der Waals surface area contributed by atoms with E-state index in [9.17, 15) is 4.79 Å². The van der Waals surface area contributed by atoms with Crippen LogP contribution in [0.1, 0.15) is 18.4 Å². The monoisotopic (exact) mass is 332 g/mol. The highest BCUT2D eigenvalue weighted by Crippen LogP contribution is 2.33. The molecule has 1 aromatic carbocycles. The summed E-state index contributed by atoms with van der Waals surface area (Å²) in [5.41, 5.74) is 0.980. The summed E-state index contributed by atoms with van der Waals surface area (Å²) in [6.07, 6.45) is 3.02. The summed E-state index contributed by atoms with van der Waals surface area (Å²) < 4.78 is 16.1. The fourth-order valence-electron chi connectivity index (χ4n) is 3.70. The van der Waals surface area contributed by atoms with Crippen molar-refractivity contribution >= 4 is 5.91 Å². The number of hydrogen-bond donors (Lipinski definition) is 0. The van der Waals surface area contributed by atoms with E-state index in [2.05, 4.69) is 4.90 Å². The van der Waals surface area contributed by atoms with E-state index in [0.717, 1.165) is 56.1 Å². The van der Waals surface area contributed by atoms with Crippen LogP contribution in [0.25, 0.3) is 0 Å². The van der Waals surface area contributed by atoms with Gasteiger partial charge in [0.25, 0.3) is 0 Å². The summed E-state index contributed by atoms with van der Waals surface area (Å²) in [5, 5.41) is 0. The molecule has 24 heavy (non-hydrogen) atoms. The third-order valence-corrected chi connectivity index (χ3v) is 5.33. The molecule has 2 saturated heterocycles. The lowest BCUT2D eigenvalue weighted by atomic mass is 10.00. The van der Waals surface area contributed by atoms with Crippen LogP contribution in [-0.2, 0) is 16.0 Å². The van der Waals surface area contributed by atoms with Crippen LogP contribution in [-0.4, -0.2) is 67.9 Å². The summed E-state index contributed by atoms with van der Waals surface area (Å²) in [5.74, 6) is 1.69. The number of fused-ring (bicyclic) bond motifs is 1. The molecule has 0 saturated carbocycles. The smallest absolute Gasteiger partial charge is 0.231 e. The molecule has 2 fully saturated rings. The molecule has 1 aromatic rings. The lowest BCUT2D eigenvalue weighted by molar-refractivity contribution is -0.138. The van der Waals surface area contributed by atoms with Gasteiger partial charge in [-0.2, -0.15) is 0 Å². The average molecular weight is 332 g/mol. The van der Waals surface area contributed by atoms with Crippen molar-refractivity contribution < 1.29 is 19.0 Å². The minimum atomic E-state index is 0.192. The summed E-state index contributed by atoms with van der Waals surface area (Å²) in [7, 11) is 1.79. The second-order valence-corrected chi connectivity index (χ2v) is 6.79. The third kappa shape index (κ3) is 3.08. The molecule has 1 amide bonds. The molecule has 0 aromatic heterocycles. The minimum Gasteiger partial charge on any atom is -0.454 e. The number of amides is 1. The Labute approximate surface area is 142 Å². The number of carbonyl (C=O) groups excluding carboxylic acids is 1. The van der Waals surface area contributed by atoms with Gasteiger partial charge in [-0.05, 0) is 30.5 Å². The van der Waals surface area contributed by atoms with Crippen LogP contribution in [0.2, 0.25) is 0 Å². The van der Waals surface area contributed by atoms with E-state index in [1.54, 1.807) is 7.11 Å². The first-order chi connectivity index (χ1) is 11.7. The molecule has 0 spiro atoms. The lowest BCUT2D eigenvalue weighted by Crippen LogP contribution is -2.62. The predicted octanol–water partition coefficient (Wildman–Crippen LogP) is 1.28. The molecule has 0 radical (unpaired) electrons. The van der Waals surface area contributed by atoms with E-state index in [4.69, 9.17) is 14.2 Å². The molecule has 0 atom stereocenters. The van der Waals surface area contributed by atoms with Gasteiger partial charge in [0.05, 0.1) is 12.5 Å². The molecule has 0 unspecified atom stereocenters. The van der Waals surface area contributed by atoms with Crippen LogP contribution in [0.15, 0.2) is 18.2 Å². The van der Waals surface area contributed by atoms with Gasteiger partial charge in [-0.15, -0.1) is 0 Å². The highest BCUT2D eigenvalue weighted by atomic mass is 16.7. The Bertz CT molecular complexity index is 607. The molecule has 3 heterocycles. The SMILES string of the molecule is COC1CCN(C2CN(C(=O)Cc3ccc4c(c3)OCO4)C2)CC1. The van der Waals surface area contributed by atoms with Gasteiger partial charge in [0.1, 0.15) is 0 Å². The molecule has 130 valence electrons. The zero-order chi connectivity index (χ0) is 16.5. The standard InChI is InChI=1S/C18H24N2O4/c1-22-15-4-6-19(7-5-15)14-10-20(11-14)18(21)9-13-2-3-16-17(8-13)24-12-23-16/h2-3,8,14-15H,4-7,9-12H2,1H3. The second kappa shape index (κ2) is 6.61. The number of ether oxygens (including phenoxy) is 3. The molecular formula is C18H24N2O4. The van der Waals surface area contributed by atoms with Gasteiger partial charge in [-0.3, -0.25) is 9.69 Å². The Kier molecular flexibility index (Phi) is 4.33. The van der Waals surface area contributed by atoms with Crippen LogP contribution in [0, 0.1) is 0 Å². The zero-order valence-corrected chi connectivity index (χ0v) is 14.1.